The van der Waals surface area contributed by atoms with Crippen molar-refractivity contribution in [1.82, 2.24) is 0 Å². The van der Waals surface area contributed by atoms with Gasteiger partial charge in [-0.15, -0.1) is 0 Å². The lowest BCUT2D eigenvalue weighted by Crippen LogP contribution is -2.40. The lowest BCUT2D eigenvalue weighted by atomic mass is 9.93. The number of hydrogen-bond acceptors (Lipinski definition) is 3. The minimum Gasteiger partial charge on any atom is -0.478 e. The first-order valence-electron chi connectivity index (χ1n) is 7.53. The number of carboxylic acids is 1. The highest BCUT2D eigenvalue weighted by atomic mass is 79.9. The molecule has 4 rings (SSSR count). The highest BCUT2D eigenvalue weighted by Gasteiger charge is 2.35. The molecule has 2 amide bonds. The van der Waals surface area contributed by atoms with Crippen molar-refractivity contribution < 1.29 is 19.5 Å². The first kappa shape index (κ1) is 16.8. The third-order valence-corrected chi connectivity index (χ3v) is 5.30. The van der Waals surface area contributed by atoms with Gasteiger partial charge in [0.05, 0.1) is 16.3 Å². The molecule has 1 N–H and O–H groups in total. The zero-order valence-electron chi connectivity index (χ0n) is 13.0. The van der Waals surface area contributed by atoms with E-state index in [0.29, 0.717) is 16.5 Å². The topological polar surface area (TPSA) is 74.7 Å². The molecule has 26 heavy (non-hydrogen) atoms. The van der Waals surface area contributed by atoms with E-state index in [-0.39, 0.29) is 16.3 Å². The maximum atomic E-state index is 13.0. The number of benzene rings is 3. The second kappa shape index (κ2) is 5.93. The van der Waals surface area contributed by atoms with E-state index < -0.39 is 17.8 Å². The fourth-order valence-electron chi connectivity index (χ4n) is 3.10. The summed E-state index contributed by atoms with van der Waals surface area (Å²) >= 11 is 9.61. The molecule has 3 aromatic carbocycles. The molecule has 128 valence electrons. The Morgan fingerprint density at radius 1 is 1.00 bits per heavy atom. The fraction of sp³-hybridized carbons (Fsp3) is 0. The molecule has 1 aliphatic heterocycles. The SMILES string of the molecule is O=C(O)c1ccc(Cl)c(N2C(=O)c3cccc4c(Br)ccc(c34)C2=O)c1. The molecule has 1 heterocycles. The van der Waals surface area contributed by atoms with Gasteiger partial charge in [-0.1, -0.05) is 39.7 Å². The van der Waals surface area contributed by atoms with E-state index in [0.717, 1.165) is 14.8 Å². The van der Waals surface area contributed by atoms with Crippen LogP contribution >= 0.6 is 27.5 Å². The summed E-state index contributed by atoms with van der Waals surface area (Å²) in [7, 11) is 0. The number of amides is 2. The number of nitrogens with zero attached hydrogens (tertiary/aromatic N) is 1. The molecule has 7 heteroatoms. The lowest BCUT2D eigenvalue weighted by molar-refractivity contribution is 0.0695. The second-order valence-corrected chi connectivity index (χ2v) is 7.00. The Bertz CT molecular complexity index is 1120. The molecule has 0 aromatic heterocycles. The van der Waals surface area contributed by atoms with Crippen LogP contribution in [-0.4, -0.2) is 22.9 Å². The average Bonchev–Trinajstić information content (AvgIpc) is 2.62. The maximum Gasteiger partial charge on any atom is 0.335 e. The normalized spacial score (nSPS) is 13.4. The molecule has 3 aromatic rings. The van der Waals surface area contributed by atoms with Gasteiger partial charge in [0.25, 0.3) is 11.8 Å². The van der Waals surface area contributed by atoms with E-state index in [2.05, 4.69) is 15.9 Å². The zero-order chi connectivity index (χ0) is 18.6. The number of halogens is 2. The minimum atomic E-state index is -1.17. The summed E-state index contributed by atoms with van der Waals surface area (Å²) in [6, 6.07) is 12.5. The number of imide groups is 1. The quantitative estimate of drug-likeness (QED) is 0.595. The van der Waals surface area contributed by atoms with Crippen molar-refractivity contribution in [3.63, 3.8) is 0 Å². The fourth-order valence-corrected chi connectivity index (χ4v) is 3.76. The molecular formula is C19H9BrClNO4. The van der Waals surface area contributed by atoms with Crippen LogP contribution in [0.25, 0.3) is 10.8 Å². The zero-order valence-corrected chi connectivity index (χ0v) is 15.3. The first-order chi connectivity index (χ1) is 12.4. The Labute approximate surface area is 160 Å². The van der Waals surface area contributed by atoms with Crippen LogP contribution in [0.1, 0.15) is 31.1 Å². The van der Waals surface area contributed by atoms with Crippen LogP contribution in [0.3, 0.4) is 0 Å². The van der Waals surface area contributed by atoms with Crippen LogP contribution in [-0.2, 0) is 0 Å². The number of carbonyl (C=O) groups excluding carboxylic acids is 2. The summed E-state index contributed by atoms with van der Waals surface area (Å²) in [5.41, 5.74) is 0.697. The average molecular weight is 431 g/mol. The molecule has 0 saturated heterocycles. The minimum absolute atomic E-state index is 0.0483. The van der Waals surface area contributed by atoms with E-state index in [4.69, 9.17) is 11.6 Å². The molecule has 0 aliphatic carbocycles. The van der Waals surface area contributed by atoms with Gasteiger partial charge in [-0.25, -0.2) is 9.69 Å². The first-order valence-corrected chi connectivity index (χ1v) is 8.70. The molecule has 0 saturated carbocycles. The molecule has 5 nitrogen and oxygen atoms in total. The predicted octanol–water partition coefficient (Wildman–Crippen LogP) is 4.75. The van der Waals surface area contributed by atoms with Crippen molar-refractivity contribution in [1.29, 1.82) is 0 Å². The van der Waals surface area contributed by atoms with E-state index in [1.165, 1.54) is 18.2 Å². The van der Waals surface area contributed by atoms with Crippen LogP contribution in [0.15, 0.2) is 53.0 Å². The molecule has 0 unspecified atom stereocenters. The number of hydrogen-bond donors (Lipinski definition) is 1. The standard InChI is InChI=1S/C19H9BrClNO4/c20-13-6-5-12-16-10(13)2-1-3-11(16)17(23)22(18(12)24)15-8-9(19(25)26)4-7-14(15)21/h1-8H,(H,25,26). The van der Waals surface area contributed by atoms with Gasteiger partial charge < -0.3 is 5.11 Å². The van der Waals surface area contributed by atoms with E-state index in [1.54, 1.807) is 24.3 Å². The van der Waals surface area contributed by atoms with Crippen LogP contribution < -0.4 is 4.90 Å². The van der Waals surface area contributed by atoms with Crippen molar-refractivity contribution in [3.05, 3.63) is 74.7 Å². The van der Waals surface area contributed by atoms with Gasteiger partial charge in [-0.05, 0) is 41.8 Å². The van der Waals surface area contributed by atoms with Crippen LogP contribution in [0.2, 0.25) is 5.02 Å². The summed E-state index contributed by atoms with van der Waals surface area (Å²) in [6.07, 6.45) is 0. The number of carbonyl (C=O) groups is 3. The number of aromatic carboxylic acids is 1. The Hall–Kier alpha value is -2.70. The van der Waals surface area contributed by atoms with Crippen molar-refractivity contribution >= 4 is 61.8 Å². The van der Waals surface area contributed by atoms with Crippen LogP contribution in [0.5, 0.6) is 0 Å². The molecular weight excluding hydrogens is 422 g/mol. The van der Waals surface area contributed by atoms with Gasteiger partial charge >= 0.3 is 5.97 Å². The van der Waals surface area contributed by atoms with Crippen molar-refractivity contribution in [2.75, 3.05) is 4.90 Å². The summed E-state index contributed by atoms with van der Waals surface area (Å²) < 4.78 is 0.776. The molecule has 0 radical (unpaired) electrons. The Morgan fingerprint density at radius 3 is 2.38 bits per heavy atom. The molecule has 0 spiro atoms. The Kier molecular flexibility index (Phi) is 3.82. The lowest BCUT2D eigenvalue weighted by Gasteiger charge is -2.28. The van der Waals surface area contributed by atoms with Crippen molar-refractivity contribution in [3.8, 4) is 0 Å². The predicted molar refractivity (Wildman–Crippen MR) is 101 cm³/mol. The smallest absolute Gasteiger partial charge is 0.335 e. The van der Waals surface area contributed by atoms with Crippen molar-refractivity contribution in [2.45, 2.75) is 0 Å². The van der Waals surface area contributed by atoms with E-state index in [1.807, 2.05) is 6.07 Å². The molecule has 0 bridgehead atoms. The summed E-state index contributed by atoms with van der Waals surface area (Å²) in [6.45, 7) is 0. The Morgan fingerprint density at radius 2 is 1.69 bits per heavy atom. The highest BCUT2D eigenvalue weighted by Crippen LogP contribution is 2.38. The van der Waals surface area contributed by atoms with Gasteiger partial charge in [0.15, 0.2) is 0 Å². The van der Waals surface area contributed by atoms with E-state index in [9.17, 15) is 19.5 Å². The third kappa shape index (κ3) is 2.34. The molecule has 0 fully saturated rings. The van der Waals surface area contributed by atoms with Crippen LogP contribution in [0, 0.1) is 0 Å². The number of carboxylic acid groups (broad SMARTS) is 1. The third-order valence-electron chi connectivity index (χ3n) is 4.29. The van der Waals surface area contributed by atoms with Gasteiger partial charge in [0.1, 0.15) is 0 Å². The highest BCUT2D eigenvalue weighted by molar-refractivity contribution is 9.10. The van der Waals surface area contributed by atoms with Gasteiger partial charge in [-0.2, -0.15) is 0 Å². The monoisotopic (exact) mass is 429 g/mol. The maximum absolute atomic E-state index is 13.0. The van der Waals surface area contributed by atoms with Gasteiger partial charge in [0.2, 0.25) is 0 Å². The second-order valence-electron chi connectivity index (χ2n) is 5.74. The van der Waals surface area contributed by atoms with E-state index >= 15 is 0 Å². The Balaban J connectivity index is 1.99. The largest absolute Gasteiger partial charge is 0.478 e. The number of anilines is 1. The van der Waals surface area contributed by atoms with Gasteiger partial charge in [-0.3, -0.25) is 9.59 Å². The molecule has 1 aliphatic rings. The summed E-state index contributed by atoms with van der Waals surface area (Å²) in [5.74, 6) is -2.27. The van der Waals surface area contributed by atoms with Crippen molar-refractivity contribution in [2.24, 2.45) is 0 Å². The van der Waals surface area contributed by atoms with Gasteiger partial charge in [0, 0.05) is 21.0 Å². The summed E-state index contributed by atoms with van der Waals surface area (Å²) in [5, 5.41) is 10.6. The van der Waals surface area contributed by atoms with Crippen LogP contribution in [0.4, 0.5) is 5.69 Å². The summed E-state index contributed by atoms with van der Waals surface area (Å²) in [4.78, 5) is 38.3. The molecule has 0 atom stereocenters. The number of rotatable bonds is 2.